The lowest BCUT2D eigenvalue weighted by Crippen LogP contribution is -2.04. The van der Waals surface area contributed by atoms with E-state index in [4.69, 9.17) is 4.74 Å². The first-order valence-electron chi connectivity index (χ1n) is 5.26. The summed E-state index contributed by atoms with van der Waals surface area (Å²) in [5.74, 6) is -0.274. The van der Waals surface area contributed by atoms with Gasteiger partial charge in [-0.25, -0.2) is 4.79 Å². The van der Waals surface area contributed by atoms with E-state index < -0.39 is 0 Å². The van der Waals surface area contributed by atoms with Crippen molar-refractivity contribution < 1.29 is 9.53 Å². The van der Waals surface area contributed by atoms with Crippen LogP contribution >= 0.6 is 0 Å². The van der Waals surface area contributed by atoms with Gasteiger partial charge in [0.2, 0.25) is 0 Å². The van der Waals surface area contributed by atoms with Crippen LogP contribution in [0.1, 0.15) is 28.8 Å². The Morgan fingerprint density at radius 1 is 1.40 bits per heavy atom. The molecule has 0 bridgehead atoms. The summed E-state index contributed by atoms with van der Waals surface area (Å²) in [7, 11) is 1.40. The highest BCUT2D eigenvalue weighted by atomic mass is 16.5. The molecule has 0 fully saturated rings. The van der Waals surface area contributed by atoms with Crippen LogP contribution < -0.4 is 5.32 Å². The number of rotatable bonds is 1. The highest BCUT2D eigenvalue weighted by Gasteiger charge is 2.11. The van der Waals surface area contributed by atoms with Crippen LogP contribution in [0.4, 0.5) is 5.69 Å². The van der Waals surface area contributed by atoms with Crippen LogP contribution in [-0.2, 0) is 11.2 Å². The van der Waals surface area contributed by atoms with Crippen LogP contribution in [0.25, 0.3) is 0 Å². The van der Waals surface area contributed by atoms with Crippen LogP contribution in [-0.4, -0.2) is 19.6 Å². The number of carbonyl (C=O) groups excluding carboxylic acids is 1. The summed E-state index contributed by atoms with van der Waals surface area (Å²) in [6.45, 7) is 0.984. The van der Waals surface area contributed by atoms with Gasteiger partial charge in [-0.2, -0.15) is 0 Å². The molecule has 3 heteroatoms. The Morgan fingerprint density at radius 3 is 3.07 bits per heavy atom. The molecular weight excluding hydrogens is 190 g/mol. The number of fused-ring (bicyclic) bond motifs is 1. The third kappa shape index (κ3) is 2.12. The zero-order chi connectivity index (χ0) is 10.7. The van der Waals surface area contributed by atoms with Crippen molar-refractivity contribution in [2.24, 2.45) is 0 Å². The first kappa shape index (κ1) is 10.0. The van der Waals surface area contributed by atoms with Gasteiger partial charge in [0.15, 0.2) is 0 Å². The fourth-order valence-corrected chi connectivity index (χ4v) is 1.87. The van der Waals surface area contributed by atoms with Crippen LogP contribution in [0.3, 0.4) is 0 Å². The second kappa shape index (κ2) is 4.34. The van der Waals surface area contributed by atoms with E-state index in [1.165, 1.54) is 25.5 Å². The van der Waals surface area contributed by atoms with Gasteiger partial charge in [0.05, 0.1) is 12.7 Å². The smallest absolute Gasteiger partial charge is 0.337 e. The third-order valence-corrected chi connectivity index (χ3v) is 2.72. The van der Waals surface area contributed by atoms with Crippen molar-refractivity contribution >= 4 is 11.7 Å². The minimum absolute atomic E-state index is 0.274. The van der Waals surface area contributed by atoms with Crippen LogP contribution in [0, 0.1) is 0 Å². The fourth-order valence-electron chi connectivity index (χ4n) is 1.87. The summed E-state index contributed by atoms with van der Waals surface area (Å²) in [5, 5.41) is 3.34. The monoisotopic (exact) mass is 205 g/mol. The number of hydrogen-bond acceptors (Lipinski definition) is 3. The molecule has 0 spiro atoms. The lowest BCUT2D eigenvalue weighted by atomic mass is 10.1. The molecule has 1 aliphatic rings. The summed E-state index contributed by atoms with van der Waals surface area (Å²) in [4.78, 5) is 11.3. The van der Waals surface area contributed by atoms with Crippen LogP contribution in [0.2, 0.25) is 0 Å². The molecule has 0 aliphatic carbocycles. The molecule has 1 aromatic rings. The van der Waals surface area contributed by atoms with Gasteiger partial charge in [-0.05, 0) is 37.0 Å². The number of nitrogens with one attached hydrogen (secondary N) is 1. The second-order valence-electron chi connectivity index (χ2n) is 3.75. The molecule has 1 heterocycles. The highest BCUT2D eigenvalue weighted by Crippen LogP contribution is 2.23. The Labute approximate surface area is 89.4 Å². The standard InChI is InChI=1S/C12H15NO2/c1-15-12(14)10-6-5-9-4-2-3-7-13-11(9)8-10/h5-6,8,13H,2-4,7H2,1H3. The number of hydrogen-bond donors (Lipinski definition) is 1. The lowest BCUT2D eigenvalue weighted by Gasteiger charge is -2.08. The van der Waals surface area contributed by atoms with E-state index in [0.717, 1.165) is 18.7 Å². The Hall–Kier alpha value is -1.51. The van der Waals surface area contributed by atoms with Gasteiger partial charge in [-0.1, -0.05) is 6.07 Å². The number of carbonyl (C=O) groups is 1. The molecule has 0 unspecified atom stereocenters. The molecule has 0 radical (unpaired) electrons. The normalized spacial score (nSPS) is 14.7. The van der Waals surface area contributed by atoms with Gasteiger partial charge < -0.3 is 10.1 Å². The molecule has 80 valence electrons. The van der Waals surface area contributed by atoms with Gasteiger partial charge in [0, 0.05) is 12.2 Å². The van der Waals surface area contributed by atoms with Gasteiger partial charge in [0.1, 0.15) is 0 Å². The average Bonchev–Trinajstić information content (AvgIpc) is 2.51. The van der Waals surface area contributed by atoms with Crippen molar-refractivity contribution in [1.82, 2.24) is 0 Å². The Bertz CT molecular complexity index is 374. The zero-order valence-electron chi connectivity index (χ0n) is 8.88. The van der Waals surface area contributed by atoms with Crippen LogP contribution in [0.15, 0.2) is 18.2 Å². The number of ether oxygens (including phenoxy) is 1. The maximum Gasteiger partial charge on any atom is 0.337 e. The summed E-state index contributed by atoms with van der Waals surface area (Å²) in [6, 6.07) is 5.73. The Balaban J connectivity index is 2.31. The summed E-state index contributed by atoms with van der Waals surface area (Å²) in [5.41, 5.74) is 2.99. The minimum atomic E-state index is -0.274. The molecule has 1 N–H and O–H groups in total. The molecule has 1 aliphatic heterocycles. The first-order chi connectivity index (χ1) is 7.31. The number of esters is 1. The van der Waals surface area contributed by atoms with Gasteiger partial charge in [-0.3, -0.25) is 0 Å². The summed E-state index contributed by atoms with van der Waals surface area (Å²) in [6.07, 6.45) is 3.48. The first-order valence-corrected chi connectivity index (χ1v) is 5.26. The van der Waals surface area contributed by atoms with E-state index in [-0.39, 0.29) is 5.97 Å². The number of methoxy groups -OCH3 is 1. The molecule has 0 aromatic heterocycles. The topological polar surface area (TPSA) is 38.3 Å². The Kier molecular flexibility index (Phi) is 2.90. The predicted molar refractivity (Wildman–Crippen MR) is 59.2 cm³/mol. The molecule has 0 atom stereocenters. The number of aryl methyl sites for hydroxylation is 1. The predicted octanol–water partition coefficient (Wildman–Crippen LogP) is 2.22. The summed E-state index contributed by atoms with van der Waals surface area (Å²) < 4.78 is 4.69. The van der Waals surface area contributed by atoms with Gasteiger partial charge >= 0.3 is 5.97 Å². The molecule has 0 saturated heterocycles. The van der Waals surface area contributed by atoms with E-state index in [2.05, 4.69) is 5.32 Å². The summed E-state index contributed by atoms with van der Waals surface area (Å²) >= 11 is 0. The van der Waals surface area contributed by atoms with Crippen molar-refractivity contribution in [2.45, 2.75) is 19.3 Å². The second-order valence-corrected chi connectivity index (χ2v) is 3.75. The van der Waals surface area contributed by atoms with Crippen molar-refractivity contribution in [1.29, 1.82) is 0 Å². The van der Waals surface area contributed by atoms with Crippen molar-refractivity contribution in [3.8, 4) is 0 Å². The molecule has 2 rings (SSSR count). The van der Waals surface area contributed by atoms with Gasteiger partial charge in [0.25, 0.3) is 0 Å². The van der Waals surface area contributed by atoms with Crippen LogP contribution in [0.5, 0.6) is 0 Å². The van der Waals surface area contributed by atoms with Crippen molar-refractivity contribution in [3.63, 3.8) is 0 Å². The molecular formula is C12H15NO2. The molecule has 3 nitrogen and oxygen atoms in total. The molecule has 1 aromatic carbocycles. The van der Waals surface area contributed by atoms with E-state index in [9.17, 15) is 4.79 Å². The molecule has 0 amide bonds. The fraction of sp³-hybridized carbons (Fsp3) is 0.417. The van der Waals surface area contributed by atoms with E-state index >= 15 is 0 Å². The molecule has 15 heavy (non-hydrogen) atoms. The lowest BCUT2D eigenvalue weighted by molar-refractivity contribution is 0.0601. The van der Waals surface area contributed by atoms with Crippen molar-refractivity contribution in [3.05, 3.63) is 29.3 Å². The quantitative estimate of drug-likeness (QED) is 0.714. The maximum absolute atomic E-state index is 11.3. The number of anilines is 1. The Morgan fingerprint density at radius 2 is 2.27 bits per heavy atom. The maximum atomic E-state index is 11.3. The largest absolute Gasteiger partial charge is 0.465 e. The number of benzene rings is 1. The highest BCUT2D eigenvalue weighted by molar-refractivity contribution is 5.90. The van der Waals surface area contributed by atoms with E-state index in [1.807, 2.05) is 18.2 Å². The average molecular weight is 205 g/mol. The third-order valence-electron chi connectivity index (χ3n) is 2.72. The van der Waals surface area contributed by atoms with E-state index in [1.54, 1.807) is 0 Å². The van der Waals surface area contributed by atoms with E-state index in [0.29, 0.717) is 5.56 Å². The molecule has 0 saturated carbocycles. The minimum Gasteiger partial charge on any atom is -0.465 e. The SMILES string of the molecule is COC(=O)c1ccc2c(c1)NCCCC2. The van der Waals surface area contributed by atoms with Gasteiger partial charge in [-0.15, -0.1) is 0 Å². The zero-order valence-corrected chi connectivity index (χ0v) is 8.88. The van der Waals surface area contributed by atoms with Crippen molar-refractivity contribution in [2.75, 3.05) is 19.0 Å².